The quantitative estimate of drug-likeness (QED) is 0.841. The van der Waals surface area contributed by atoms with Crippen molar-refractivity contribution in [1.29, 1.82) is 0 Å². The largest absolute Gasteiger partial charge is 0.451 e. The molecule has 0 saturated heterocycles. The van der Waals surface area contributed by atoms with Crippen molar-refractivity contribution in [2.75, 3.05) is 13.1 Å². The fourth-order valence-electron chi connectivity index (χ4n) is 2.60. The van der Waals surface area contributed by atoms with Gasteiger partial charge < -0.3 is 19.2 Å². The summed E-state index contributed by atoms with van der Waals surface area (Å²) >= 11 is 0. The van der Waals surface area contributed by atoms with Crippen LogP contribution in [-0.2, 0) is 11.3 Å². The van der Waals surface area contributed by atoms with Gasteiger partial charge in [0.1, 0.15) is 5.58 Å². The van der Waals surface area contributed by atoms with Gasteiger partial charge in [-0.1, -0.05) is 18.2 Å². The summed E-state index contributed by atoms with van der Waals surface area (Å²) in [7, 11) is 0. The van der Waals surface area contributed by atoms with Gasteiger partial charge in [0.15, 0.2) is 5.76 Å². The van der Waals surface area contributed by atoms with Crippen molar-refractivity contribution in [3.63, 3.8) is 0 Å². The smallest absolute Gasteiger partial charge is 0.290 e. The standard InChI is InChI=1S/C19H27NO4/c1-6-20(12-19(4,5)22)18(21)17-15(11-23-13(2)3)14-9-7-8-10-16(14)24-17/h7-10,13,22H,6,11-12H2,1-5H3. The molecule has 2 rings (SSSR count). The van der Waals surface area contributed by atoms with E-state index in [1.807, 2.05) is 45.0 Å². The maximum absolute atomic E-state index is 13.0. The van der Waals surface area contributed by atoms with Gasteiger partial charge in [0, 0.05) is 24.0 Å². The average molecular weight is 333 g/mol. The number of nitrogens with zero attached hydrogens (tertiary/aromatic N) is 1. The number of para-hydroxylation sites is 1. The highest BCUT2D eigenvalue weighted by atomic mass is 16.5. The number of ether oxygens (including phenoxy) is 1. The van der Waals surface area contributed by atoms with E-state index in [2.05, 4.69) is 0 Å². The molecule has 0 aliphatic heterocycles. The van der Waals surface area contributed by atoms with Crippen molar-refractivity contribution in [1.82, 2.24) is 4.90 Å². The molecule has 0 atom stereocenters. The molecule has 24 heavy (non-hydrogen) atoms. The maximum Gasteiger partial charge on any atom is 0.290 e. The minimum Gasteiger partial charge on any atom is -0.451 e. The van der Waals surface area contributed by atoms with Gasteiger partial charge in [0.05, 0.1) is 18.3 Å². The molecule has 1 N–H and O–H groups in total. The van der Waals surface area contributed by atoms with E-state index in [1.54, 1.807) is 18.7 Å². The van der Waals surface area contributed by atoms with Crippen LogP contribution < -0.4 is 0 Å². The van der Waals surface area contributed by atoms with Gasteiger partial charge in [0.2, 0.25) is 0 Å². The van der Waals surface area contributed by atoms with Gasteiger partial charge >= 0.3 is 0 Å². The first-order valence-electron chi connectivity index (χ1n) is 8.36. The first kappa shape index (κ1) is 18.5. The van der Waals surface area contributed by atoms with E-state index in [0.717, 1.165) is 10.9 Å². The normalized spacial score (nSPS) is 12.1. The molecule has 0 unspecified atom stereocenters. The molecule has 0 fully saturated rings. The summed E-state index contributed by atoms with van der Waals surface area (Å²) in [6, 6.07) is 7.57. The van der Waals surface area contributed by atoms with E-state index in [0.29, 0.717) is 24.5 Å². The summed E-state index contributed by atoms with van der Waals surface area (Å²) in [5, 5.41) is 10.9. The number of rotatable bonds is 7. The maximum atomic E-state index is 13.0. The minimum absolute atomic E-state index is 0.0558. The molecule has 0 aliphatic rings. The van der Waals surface area contributed by atoms with Gasteiger partial charge in [-0.15, -0.1) is 0 Å². The van der Waals surface area contributed by atoms with E-state index < -0.39 is 5.60 Å². The van der Waals surface area contributed by atoms with Gasteiger partial charge in [-0.2, -0.15) is 0 Å². The van der Waals surface area contributed by atoms with Crippen LogP contribution in [0, 0.1) is 0 Å². The molecule has 1 amide bonds. The van der Waals surface area contributed by atoms with Crippen LogP contribution in [0.15, 0.2) is 28.7 Å². The van der Waals surface area contributed by atoms with Crippen molar-refractivity contribution in [2.45, 2.75) is 52.9 Å². The second kappa shape index (κ2) is 7.36. The minimum atomic E-state index is -0.966. The predicted octanol–water partition coefficient (Wildman–Crippen LogP) is 3.59. The summed E-state index contributed by atoms with van der Waals surface area (Å²) in [4.78, 5) is 14.5. The lowest BCUT2D eigenvalue weighted by Crippen LogP contribution is -2.42. The predicted molar refractivity (Wildman–Crippen MR) is 94.0 cm³/mol. The van der Waals surface area contributed by atoms with Crippen molar-refractivity contribution < 1.29 is 19.1 Å². The van der Waals surface area contributed by atoms with Crippen LogP contribution in [0.3, 0.4) is 0 Å². The van der Waals surface area contributed by atoms with Gasteiger partial charge in [0.25, 0.3) is 5.91 Å². The van der Waals surface area contributed by atoms with Crippen molar-refractivity contribution in [3.05, 3.63) is 35.6 Å². The lowest BCUT2D eigenvalue weighted by atomic mass is 10.1. The number of hydrogen-bond acceptors (Lipinski definition) is 4. The number of benzene rings is 1. The summed E-state index contributed by atoms with van der Waals surface area (Å²) in [6.07, 6.45) is 0.0558. The highest BCUT2D eigenvalue weighted by Gasteiger charge is 2.28. The molecule has 132 valence electrons. The first-order chi connectivity index (χ1) is 11.2. The number of carbonyl (C=O) groups is 1. The van der Waals surface area contributed by atoms with Crippen LogP contribution in [0.25, 0.3) is 11.0 Å². The Balaban J connectivity index is 2.41. The number of amides is 1. The molecule has 0 saturated carbocycles. The Morgan fingerprint density at radius 2 is 2.00 bits per heavy atom. The molecular formula is C19H27NO4. The number of hydrogen-bond donors (Lipinski definition) is 1. The van der Waals surface area contributed by atoms with Crippen molar-refractivity contribution in [3.8, 4) is 0 Å². The Kier molecular flexibility index (Phi) is 5.67. The molecule has 2 aromatic rings. The highest BCUT2D eigenvalue weighted by molar-refractivity contribution is 5.99. The van der Waals surface area contributed by atoms with E-state index in [4.69, 9.17) is 9.15 Å². The number of aliphatic hydroxyl groups is 1. The zero-order valence-electron chi connectivity index (χ0n) is 15.1. The van der Waals surface area contributed by atoms with E-state index in [1.165, 1.54) is 0 Å². The molecule has 1 heterocycles. The van der Waals surface area contributed by atoms with Crippen molar-refractivity contribution in [2.24, 2.45) is 0 Å². The zero-order valence-corrected chi connectivity index (χ0v) is 15.1. The van der Waals surface area contributed by atoms with E-state index >= 15 is 0 Å². The SMILES string of the molecule is CCN(CC(C)(C)O)C(=O)c1oc2ccccc2c1COC(C)C. The van der Waals surface area contributed by atoms with Crippen LogP contribution in [0.4, 0.5) is 0 Å². The second-order valence-electron chi connectivity index (χ2n) is 6.90. The van der Waals surface area contributed by atoms with E-state index in [9.17, 15) is 9.90 Å². The average Bonchev–Trinajstić information content (AvgIpc) is 2.87. The fraction of sp³-hybridized carbons (Fsp3) is 0.526. The molecule has 0 bridgehead atoms. The molecule has 5 nitrogen and oxygen atoms in total. The number of fused-ring (bicyclic) bond motifs is 1. The number of furan rings is 1. The molecule has 5 heteroatoms. The van der Waals surface area contributed by atoms with Gasteiger partial charge in [-0.05, 0) is 40.7 Å². The summed E-state index contributed by atoms with van der Waals surface area (Å²) < 4.78 is 11.6. The summed E-state index contributed by atoms with van der Waals surface area (Å²) in [5.41, 5.74) is 0.466. The Bertz CT molecular complexity index is 697. The van der Waals surface area contributed by atoms with Crippen LogP contribution in [-0.4, -0.2) is 40.7 Å². The van der Waals surface area contributed by atoms with Crippen molar-refractivity contribution >= 4 is 16.9 Å². The van der Waals surface area contributed by atoms with Gasteiger partial charge in [-0.25, -0.2) is 0 Å². The fourth-order valence-corrected chi connectivity index (χ4v) is 2.60. The molecule has 0 radical (unpaired) electrons. The molecule has 0 spiro atoms. The lowest BCUT2D eigenvalue weighted by molar-refractivity contribution is 0.0292. The first-order valence-corrected chi connectivity index (χ1v) is 8.36. The van der Waals surface area contributed by atoms with Crippen LogP contribution >= 0.6 is 0 Å². The lowest BCUT2D eigenvalue weighted by Gasteiger charge is -2.27. The Morgan fingerprint density at radius 1 is 1.33 bits per heavy atom. The number of likely N-dealkylation sites (N-methyl/N-ethyl adjacent to an activating group) is 1. The van der Waals surface area contributed by atoms with Crippen LogP contribution in [0.1, 0.15) is 50.7 Å². The zero-order chi connectivity index (χ0) is 17.9. The third-order valence-electron chi connectivity index (χ3n) is 3.70. The number of carbonyl (C=O) groups excluding carboxylic acids is 1. The third-order valence-corrected chi connectivity index (χ3v) is 3.70. The monoisotopic (exact) mass is 333 g/mol. The molecule has 1 aromatic carbocycles. The third kappa shape index (κ3) is 4.36. The topological polar surface area (TPSA) is 62.9 Å². The summed E-state index contributed by atoms with van der Waals surface area (Å²) in [5.74, 6) is 0.0705. The Hall–Kier alpha value is -1.85. The van der Waals surface area contributed by atoms with Crippen LogP contribution in [0.5, 0.6) is 0 Å². The van der Waals surface area contributed by atoms with Crippen LogP contribution in [0.2, 0.25) is 0 Å². The Morgan fingerprint density at radius 3 is 2.58 bits per heavy atom. The summed E-state index contributed by atoms with van der Waals surface area (Å²) in [6.45, 7) is 10.2. The van der Waals surface area contributed by atoms with Gasteiger partial charge in [-0.3, -0.25) is 4.79 Å². The highest BCUT2D eigenvalue weighted by Crippen LogP contribution is 2.28. The second-order valence-corrected chi connectivity index (χ2v) is 6.90. The Labute approximate surface area is 143 Å². The van der Waals surface area contributed by atoms with E-state index in [-0.39, 0.29) is 18.6 Å². The molecular weight excluding hydrogens is 306 g/mol. The molecule has 1 aromatic heterocycles. The molecule has 0 aliphatic carbocycles.